The van der Waals surface area contributed by atoms with Crippen molar-refractivity contribution in [2.45, 2.75) is 49.7 Å². The number of aromatic nitrogens is 2. The third-order valence-corrected chi connectivity index (χ3v) is 8.22. The number of nitrogens with zero attached hydrogens (tertiary/aromatic N) is 3. The smallest absolute Gasteiger partial charge is 0.147 e. The largest absolute Gasteiger partial charge is 0.147 e. The third-order valence-electron chi connectivity index (χ3n) is 5.34. The number of halogens is 3. The van der Waals surface area contributed by atoms with Crippen molar-refractivity contribution >= 4 is 44.4 Å². The molecular formula is C21H27AsClF2N4O. The summed E-state index contributed by atoms with van der Waals surface area (Å²) in [7, 11) is 3.94. The molecule has 0 unspecified atom stereocenters. The van der Waals surface area contributed by atoms with Crippen LogP contribution in [0.4, 0.5) is 14.6 Å². The maximum atomic E-state index is 14.5. The summed E-state index contributed by atoms with van der Waals surface area (Å²) in [5.74, 6) is -0.983. The quantitative estimate of drug-likeness (QED) is 0.619. The molecule has 0 aliphatic heterocycles. The molecule has 163 valence electrons. The second-order valence-corrected chi connectivity index (χ2v) is 10.6. The average molecular weight is 500 g/mol. The van der Waals surface area contributed by atoms with Gasteiger partial charge in [0.2, 0.25) is 0 Å². The summed E-state index contributed by atoms with van der Waals surface area (Å²) in [6.45, 7) is 2.05. The van der Waals surface area contributed by atoms with Crippen molar-refractivity contribution in [3.63, 3.8) is 0 Å². The minimum absolute atomic E-state index is 0. The van der Waals surface area contributed by atoms with E-state index in [-0.39, 0.29) is 45.2 Å². The standard InChI is InChI=1S/C21H26AsF2N4O.ClH/c1-4-17-26-16(11-18(27-17)28(2)3)22-13-7-5-12(6-8-13)19-14(21(25)29)9-10-15(23)20(19)24;/h9-13H,4-8H2,1-3H3,(H2,25,29);1H. The fourth-order valence-corrected chi connectivity index (χ4v) is 6.50. The number of aryl methyl sites for hydroxylation is 1. The van der Waals surface area contributed by atoms with E-state index in [1.54, 1.807) is 0 Å². The number of benzene rings is 1. The summed E-state index contributed by atoms with van der Waals surface area (Å²) in [6.07, 6.45) is 4.03. The molecule has 1 aromatic carbocycles. The molecule has 9 heteroatoms. The van der Waals surface area contributed by atoms with E-state index in [1.165, 1.54) is 6.07 Å². The van der Waals surface area contributed by atoms with Crippen molar-refractivity contribution < 1.29 is 13.6 Å². The van der Waals surface area contributed by atoms with Gasteiger partial charge < -0.3 is 0 Å². The van der Waals surface area contributed by atoms with Crippen LogP contribution in [-0.4, -0.2) is 45.7 Å². The monoisotopic (exact) mass is 499 g/mol. The summed E-state index contributed by atoms with van der Waals surface area (Å²) in [6, 6.07) is 4.32. The van der Waals surface area contributed by atoms with Gasteiger partial charge in [0, 0.05) is 0 Å². The van der Waals surface area contributed by atoms with Gasteiger partial charge in [-0.05, 0) is 0 Å². The number of nitrogens with two attached hydrogens (primary N) is 1. The van der Waals surface area contributed by atoms with Gasteiger partial charge in [-0.15, -0.1) is 12.4 Å². The van der Waals surface area contributed by atoms with Crippen molar-refractivity contribution in [3.05, 3.63) is 46.8 Å². The van der Waals surface area contributed by atoms with Gasteiger partial charge in [-0.25, -0.2) is 0 Å². The van der Waals surface area contributed by atoms with Crippen LogP contribution in [0, 0.1) is 11.6 Å². The molecule has 2 N–H and O–H groups in total. The predicted octanol–water partition coefficient (Wildman–Crippen LogP) is 3.38. The maximum absolute atomic E-state index is 14.5. The summed E-state index contributed by atoms with van der Waals surface area (Å²) < 4.78 is 29.8. The first-order valence-electron chi connectivity index (χ1n) is 9.84. The van der Waals surface area contributed by atoms with Gasteiger partial charge in [-0.2, -0.15) is 0 Å². The number of anilines is 1. The first-order valence-corrected chi connectivity index (χ1v) is 11.9. The van der Waals surface area contributed by atoms with Crippen molar-refractivity contribution in [2.75, 3.05) is 19.0 Å². The Morgan fingerprint density at radius 3 is 2.43 bits per heavy atom. The van der Waals surface area contributed by atoms with Crippen LogP contribution in [0.3, 0.4) is 0 Å². The minimum atomic E-state index is -0.933. The zero-order valence-corrected chi connectivity index (χ0v) is 20.1. The predicted molar refractivity (Wildman–Crippen MR) is 118 cm³/mol. The summed E-state index contributed by atoms with van der Waals surface area (Å²) in [5, 5.41) is 0. The first-order chi connectivity index (χ1) is 13.8. The van der Waals surface area contributed by atoms with E-state index in [0.717, 1.165) is 41.5 Å². The SMILES string of the molecule is CCc1nc([As]C2CCC(c3c(C(N)=O)ccc(F)c3F)CC2)cc(N(C)C)n1.Cl. The molecule has 1 aliphatic carbocycles. The molecule has 1 aliphatic rings. The van der Waals surface area contributed by atoms with Crippen molar-refractivity contribution in [1.82, 2.24) is 9.97 Å². The molecule has 0 spiro atoms. The Morgan fingerprint density at radius 2 is 1.87 bits per heavy atom. The zero-order chi connectivity index (χ0) is 21.1. The molecule has 3 rings (SSSR count). The number of amides is 1. The van der Waals surface area contributed by atoms with Gasteiger partial charge >= 0.3 is 177 Å². The second-order valence-electron chi connectivity index (χ2n) is 7.57. The molecule has 2 aromatic rings. The van der Waals surface area contributed by atoms with Gasteiger partial charge in [0.05, 0.1) is 0 Å². The Kier molecular flexibility index (Phi) is 8.62. The summed E-state index contributed by atoms with van der Waals surface area (Å²) in [4.78, 5) is 22.9. The third kappa shape index (κ3) is 5.50. The Labute approximate surface area is 188 Å². The topological polar surface area (TPSA) is 72.1 Å². The van der Waals surface area contributed by atoms with Gasteiger partial charge in [0.15, 0.2) is 0 Å². The van der Waals surface area contributed by atoms with Crippen molar-refractivity contribution in [3.8, 4) is 0 Å². The molecule has 1 radical (unpaired) electrons. The molecule has 1 amide bonds. The molecule has 30 heavy (non-hydrogen) atoms. The van der Waals surface area contributed by atoms with E-state index in [1.807, 2.05) is 25.9 Å². The number of carbonyl (C=O) groups excluding carboxylic acids is 1. The minimum Gasteiger partial charge on any atom is -0.147 e. The van der Waals surface area contributed by atoms with Crippen LogP contribution in [0.25, 0.3) is 0 Å². The average Bonchev–Trinajstić information content (AvgIpc) is 2.70. The summed E-state index contributed by atoms with van der Waals surface area (Å²) >= 11 is -0.151. The molecule has 0 bridgehead atoms. The molecule has 5 nitrogen and oxygen atoms in total. The molecule has 1 heterocycles. The van der Waals surface area contributed by atoms with E-state index in [0.29, 0.717) is 17.5 Å². The number of hydrogen-bond acceptors (Lipinski definition) is 4. The number of rotatable bonds is 6. The molecule has 1 saturated carbocycles. The second kappa shape index (κ2) is 10.5. The van der Waals surface area contributed by atoms with Crippen LogP contribution in [0.5, 0.6) is 0 Å². The number of hydrogen-bond donors (Lipinski definition) is 1. The number of carbonyl (C=O) groups is 1. The molecular weight excluding hydrogens is 473 g/mol. The van der Waals surface area contributed by atoms with E-state index in [2.05, 4.69) is 11.1 Å². The van der Waals surface area contributed by atoms with E-state index in [4.69, 9.17) is 10.7 Å². The number of primary amides is 1. The van der Waals surface area contributed by atoms with Crippen LogP contribution in [0.2, 0.25) is 4.71 Å². The Balaban J connectivity index is 0.00000320. The Morgan fingerprint density at radius 1 is 1.20 bits per heavy atom. The molecule has 1 aromatic heterocycles. The van der Waals surface area contributed by atoms with Gasteiger partial charge in [0.1, 0.15) is 0 Å². The van der Waals surface area contributed by atoms with Crippen LogP contribution >= 0.6 is 12.4 Å². The Hall–Kier alpha value is -1.72. The van der Waals surface area contributed by atoms with Crippen molar-refractivity contribution in [2.24, 2.45) is 5.73 Å². The fourth-order valence-electron chi connectivity index (χ4n) is 3.78. The van der Waals surface area contributed by atoms with Crippen molar-refractivity contribution in [1.29, 1.82) is 0 Å². The maximum Gasteiger partial charge on any atom is -0.147 e. The van der Waals surface area contributed by atoms with Crippen LogP contribution in [-0.2, 0) is 6.42 Å². The van der Waals surface area contributed by atoms with Gasteiger partial charge in [0.25, 0.3) is 0 Å². The Bertz CT molecular complexity index is 905. The summed E-state index contributed by atoms with van der Waals surface area (Å²) in [5.41, 5.74) is 5.64. The van der Waals surface area contributed by atoms with E-state index >= 15 is 0 Å². The zero-order valence-electron chi connectivity index (χ0n) is 17.4. The molecule has 0 saturated heterocycles. The van der Waals surface area contributed by atoms with Crippen LogP contribution < -0.4 is 15.1 Å². The van der Waals surface area contributed by atoms with Crippen LogP contribution in [0.1, 0.15) is 60.3 Å². The normalized spacial score (nSPS) is 19.0. The van der Waals surface area contributed by atoms with E-state index in [9.17, 15) is 13.6 Å². The first kappa shape index (κ1) is 24.5. The molecule has 0 atom stereocenters. The van der Waals surface area contributed by atoms with Crippen LogP contribution in [0.15, 0.2) is 18.2 Å². The molecule has 1 fully saturated rings. The van der Waals surface area contributed by atoms with E-state index < -0.39 is 17.5 Å². The van der Waals surface area contributed by atoms with Gasteiger partial charge in [-0.1, -0.05) is 0 Å². The van der Waals surface area contributed by atoms with Gasteiger partial charge in [-0.3, -0.25) is 0 Å². The fraction of sp³-hybridized carbons (Fsp3) is 0.476.